The minimum absolute atomic E-state index is 0.0367. The molecule has 7 heteroatoms. The number of carboxylic acids is 2. The summed E-state index contributed by atoms with van der Waals surface area (Å²) in [6.45, 7) is 9.99. The smallest absolute Gasteiger partial charge is 0.307 e. The molecule has 3 aromatic carbocycles. The predicted octanol–water partition coefficient (Wildman–Crippen LogP) is 5.78. The Morgan fingerprint density at radius 2 is 1.54 bits per heavy atom. The third-order valence-corrected chi connectivity index (χ3v) is 8.27. The Hall–Kier alpha value is -4.39. The Balaban J connectivity index is 1.55. The van der Waals surface area contributed by atoms with E-state index in [1.165, 1.54) is 21.7 Å². The lowest BCUT2D eigenvalue weighted by Crippen LogP contribution is -2.28. The van der Waals surface area contributed by atoms with Gasteiger partial charge in [0.1, 0.15) is 13.1 Å². The van der Waals surface area contributed by atoms with Crippen molar-refractivity contribution in [1.82, 2.24) is 4.90 Å². The fourth-order valence-electron chi connectivity index (χ4n) is 6.37. The maximum Gasteiger partial charge on any atom is 0.307 e. The highest BCUT2D eigenvalue weighted by atomic mass is 16.4. The Bertz CT molecular complexity index is 1630. The number of nitrogens with zero attached hydrogens (tertiary/aromatic N) is 3. The molecule has 0 saturated heterocycles. The van der Waals surface area contributed by atoms with Crippen molar-refractivity contribution in [2.24, 2.45) is 0 Å². The number of allylic oxidation sites excluding steroid dienone is 5. The van der Waals surface area contributed by atoms with Crippen molar-refractivity contribution >= 4 is 45.0 Å². The second kappa shape index (κ2) is 11.6. The third kappa shape index (κ3) is 5.36. The van der Waals surface area contributed by atoms with Gasteiger partial charge in [-0.25, -0.2) is 0 Å². The van der Waals surface area contributed by atoms with Gasteiger partial charge in [0.2, 0.25) is 0 Å². The molecule has 0 saturated carbocycles. The van der Waals surface area contributed by atoms with Crippen molar-refractivity contribution in [3.05, 3.63) is 90.2 Å². The third-order valence-electron chi connectivity index (χ3n) is 8.27. The zero-order chi connectivity index (χ0) is 29.1. The van der Waals surface area contributed by atoms with Crippen molar-refractivity contribution < 1.29 is 24.4 Å². The number of hydrogen-bond donors (Lipinski definition) is 2. The summed E-state index contributed by atoms with van der Waals surface area (Å²) in [6.07, 6.45) is 10.3. The number of rotatable bonds is 10. The number of aliphatic carboxylic acids is 2. The average Bonchev–Trinajstić information content (AvgIpc) is 3.45. The van der Waals surface area contributed by atoms with Crippen LogP contribution in [0.5, 0.6) is 0 Å². The number of carbonyl (C=O) groups is 2. The average molecular weight is 553 g/mol. The van der Waals surface area contributed by atoms with E-state index in [1.54, 1.807) is 0 Å². The molecule has 0 aliphatic carbocycles. The molecule has 41 heavy (non-hydrogen) atoms. The van der Waals surface area contributed by atoms with Crippen LogP contribution in [0.25, 0.3) is 21.5 Å². The van der Waals surface area contributed by atoms with Gasteiger partial charge in [0.25, 0.3) is 5.84 Å². The molecule has 2 heterocycles. The van der Waals surface area contributed by atoms with Crippen molar-refractivity contribution in [2.45, 2.75) is 39.0 Å². The van der Waals surface area contributed by atoms with E-state index in [1.807, 2.05) is 30.4 Å². The Labute approximate surface area is 241 Å². The zero-order valence-corrected chi connectivity index (χ0v) is 24.0. The van der Waals surface area contributed by atoms with Crippen LogP contribution < -0.4 is 4.90 Å². The second-order valence-electron chi connectivity index (χ2n) is 11.1. The van der Waals surface area contributed by atoms with Crippen molar-refractivity contribution in [3.8, 4) is 0 Å². The monoisotopic (exact) mass is 552 g/mol. The van der Waals surface area contributed by atoms with E-state index in [9.17, 15) is 14.7 Å². The lowest BCUT2D eigenvalue weighted by atomic mass is 9.80. The molecule has 0 aromatic heterocycles. The van der Waals surface area contributed by atoms with Crippen LogP contribution in [0.4, 0.5) is 5.69 Å². The molecular weight excluding hydrogens is 514 g/mol. The van der Waals surface area contributed by atoms with E-state index in [0.717, 1.165) is 42.2 Å². The van der Waals surface area contributed by atoms with Gasteiger partial charge in [-0.2, -0.15) is 0 Å². The van der Waals surface area contributed by atoms with Gasteiger partial charge in [0.15, 0.2) is 0 Å². The van der Waals surface area contributed by atoms with Gasteiger partial charge in [-0.05, 0) is 34.7 Å². The topological polar surface area (TPSA) is 84.1 Å². The van der Waals surface area contributed by atoms with Crippen LogP contribution in [-0.4, -0.2) is 70.2 Å². The summed E-state index contributed by atoms with van der Waals surface area (Å²) in [7, 11) is 0. The Morgan fingerprint density at radius 1 is 0.902 bits per heavy atom. The molecule has 3 aromatic rings. The van der Waals surface area contributed by atoms with Gasteiger partial charge in [-0.15, -0.1) is 0 Å². The maximum atomic E-state index is 11.7. The zero-order valence-electron chi connectivity index (χ0n) is 24.0. The van der Waals surface area contributed by atoms with Crippen molar-refractivity contribution in [1.29, 1.82) is 0 Å². The molecule has 0 fully saturated rings. The Morgan fingerprint density at radius 3 is 2.20 bits per heavy atom. The molecule has 212 valence electrons. The number of likely N-dealkylation sites (N-methyl/N-ethyl adjacent to an activating group) is 1. The van der Waals surface area contributed by atoms with Gasteiger partial charge >= 0.3 is 11.9 Å². The summed E-state index contributed by atoms with van der Waals surface area (Å²) >= 11 is 0. The summed E-state index contributed by atoms with van der Waals surface area (Å²) in [5, 5.41) is 23.4. The number of benzene rings is 3. The first-order valence-electron chi connectivity index (χ1n) is 14.3. The van der Waals surface area contributed by atoms with E-state index >= 15 is 0 Å². The fraction of sp³-hybridized carbons (Fsp3) is 0.324. The van der Waals surface area contributed by atoms with Gasteiger partial charge in [-0.1, -0.05) is 80.6 Å². The van der Waals surface area contributed by atoms with Gasteiger partial charge < -0.3 is 15.1 Å². The maximum absolute atomic E-state index is 11.7. The molecule has 0 spiro atoms. The van der Waals surface area contributed by atoms with Crippen LogP contribution in [0.15, 0.2) is 84.6 Å². The van der Waals surface area contributed by atoms with Crippen LogP contribution in [0.3, 0.4) is 0 Å². The number of carboxylic acid groups (broad SMARTS) is 2. The minimum Gasteiger partial charge on any atom is -0.481 e. The number of fused-ring (bicyclic) bond motifs is 6. The van der Waals surface area contributed by atoms with Gasteiger partial charge in [-0.3, -0.25) is 19.1 Å². The predicted molar refractivity (Wildman–Crippen MR) is 165 cm³/mol. The summed E-state index contributed by atoms with van der Waals surface area (Å²) in [5.41, 5.74) is 3.03. The van der Waals surface area contributed by atoms with E-state index in [0.29, 0.717) is 13.1 Å². The molecule has 0 unspecified atom stereocenters. The highest BCUT2D eigenvalue weighted by molar-refractivity contribution is 6.17. The van der Waals surface area contributed by atoms with E-state index < -0.39 is 11.9 Å². The lowest BCUT2D eigenvalue weighted by molar-refractivity contribution is -0.516. The molecule has 0 atom stereocenters. The number of anilines is 1. The van der Waals surface area contributed by atoms with Gasteiger partial charge in [0.05, 0.1) is 31.6 Å². The van der Waals surface area contributed by atoms with E-state index in [4.69, 9.17) is 5.11 Å². The molecule has 0 radical (unpaired) electrons. The number of amidine groups is 1. The SMILES string of the molecule is CCN1CC[N+](CCC(=O)O)=C1/C=C/C=C/C=C1\N(CCC(=O)O)c2c(c3ccccc3c3ccccc23)C1(C)C. The molecule has 0 bridgehead atoms. The largest absolute Gasteiger partial charge is 0.481 e. The van der Waals surface area contributed by atoms with Gasteiger partial charge in [0, 0.05) is 29.1 Å². The van der Waals surface area contributed by atoms with Crippen LogP contribution in [0.2, 0.25) is 0 Å². The summed E-state index contributed by atoms with van der Waals surface area (Å²) in [4.78, 5) is 27.2. The van der Waals surface area contributed by atoms with Crippen LogP contribution in [0.1, 0.15) is 39.2 Å². The molecule has 2 N–H and O–H groups in total. The number of hydrogen-bond acceptors (Lipinski definition) is 4. The normalized spacial score (nSPS) is 17.7. The fourth-order valence-corrected chi connectivity index (χ4v) is 6.37. The first kappa shape index (κ1) is 28.1. The second-order valence-corrected chi connectivity index (χ2v) is 11.1. The highest BCUT2D eigenvalue weighted by Gasteiger charge is 2.42. The first-order valence-corrected chi connectivity index (χ1v) is 14.3. The molecular formula is C34H38N3O4+. The molecule has 0 amide bonds. The molecule has 7 nitrogen and oxygen atoms in total. The first-order chi connectivity index (χ1) is 19.7. The molecule has 2 aliphatic rings. The minimum atomic E-state index is -0.819. The Kier molecular flexibility index (Phi) is 7.97. The standard InChI is InChI=1S/C34H37N3O4/c1-4-35-22-23-36(20-18-30(38)39)29(35)17-7-5-6-16-28-34(2,3)32-26-14-10-8-12-24(26)25-13-9-11-15-27(25)33(32)37(28)21-19-31(40)41/h5-17H,4,18-23H2,1-3H3,(H-,38,39,40,41)/p+1. The van der Waals surface area contributed by atoms with Crippen molar-refractivity contribution in [3.63, 3.8) is 0 Å². The summed E-state index contributed by atoms with van der Waals surface area (Å²) < 4.78 is 2.13. The lowest BCUT2D eigenvalue weighted by Gasteiger charge is -2.26. The van der Waals surface area contributed by atoms with Crippen LogP contribution >= 0.6 is 0 Å². The summed E-state index contributed by atoms with van der Waals surface area (Å²) in [5.74, 6) is -0.565. The van der Waals surface area contributed by atoms with Crippen LogP contribution in [-0.2, 0) is 15.0 Å². The quantitative estimate of drug-likeness (QED) is 0.188. The highest BCUT2D eigenvalue weighted by Crippen LogP contribution is 2.54. The van der Waals surface area contributed by atoms with Crippen LogP contribution in [0, 0.1) is 0 Å². The van der Waals surface area contributed by atoms with E-state index in [-0.39, 0.29) is 18.3 Å². The van der Waals surface area contributed by atoms with Crippen molar-refractivity contribution in [2.75, 3.05) is 37.6 Å². The summed E-state index contributed by atoms with van der Waals surface area (Å²) in [6, 6.07) is 16.9. The van der Waals surface area contributed by atoms with E-state index in [2.05, 4.69) is 83.7 Å². The molecule has 5 rings (SSSR count). The molecule has 2 aliphatic heterocycles.